The maximum absolute atomic E-state index is 11.6. The van der Waals surface area contributed by atoms with Crippen molar-refractivity contribution in [2.75, 3.05) is 7.11 Å². The zero-order chi connectivity index (χ0) is 12.7. The Morgan fingerprint density at radius 1 is 1.33 bits per heavy atom. The Kier molecular flexibility index (Phi) is 2.19. The number of phenols is 1. The molecule has 2 heterocycles. The van der Waals surface area contributed by atoms with Crippen LogP contribution in [-0.2, 0) is 4.74 Å². The lowest BCUT2D eigenvalue weighted by molar-refractivity contribution is 0.0596. The molecule has 0 saturated carbocycles. The van der Waals surface area contributed by atoms with Crippen LogP contribution < -0.4 is 0 Å². The third-order valence-electron chi connectivity index (χ3n) is 2.88. The van der Waals surface area contributed by atoms with Gasteiger partial charge in [-0.05, 0) is 24.3 Å². The summed E-state index contributed by atoms with van der Waals surface area (Å²) in [5.74, 6) is -0.309. The summed E-state index contributed by atoms with van der Waals surface area (Å²) in [7, 11) is 1.32. The molecule has 0 radical (unpaired) electrons. The number of phenolic OH excluding ortho intramolecular Hbond substituents is 1. The Morgan fingerprint density at radius 2 is 2.17 bits per heavy atom. The van der Waals surface area contributed by atoms with Gasteiger partial charge >= 0.3 is 5.97 Å². The van der Waals surface area contributed by atoms with Crippen molar-refractivity contribution in [1.82, 2.24) is 9.97 Å². The van der Waals surface area contributed by atoms with Crippen LogP contribution >= 0.6 is 0 Å². The van der Waals surface area contributed by atoms with E-state index in [2.05, 4.69) is 9.97 Å². The van der Waals surface area contributed by atoms with Gasteiger partial charge in [-0.1, -0.05) is 0 Å². The van der Waals surface area contributed by atoms with E-state index < -0.39 is 5.97 Å². The summed E-state index contributed by atoms with van der Waals surface area (Å²) < 4.78 is 4.69. The average molecular weight is 242 g/mol. The van der Waals surface area contributed by atoms with Crippen LogP contribution in [0.15, 0.2) is 30.5 Å². The molecule has 0 atom stereocenters. The normalized spacial score (nSPS) is 10.9. The predicted molar refractivity (Wildman–Crippen MR) is 66.6 cm³/mol. The first kappa shape index (κ1) is 10.6. The Balaban J connectivity index is 2.42. The van der Waals surface area contributed by atoms with Crippen LogP contribution in [0.4, 0.5) is 0 Å². The molecular formula is C13H10N2O3. The SMILES string of the molecule is COC(=O)c1nccc2c1[nH]c1ccc(O)cc12. The van der Waals surface area contributed by atoms with Crippen LogP contribution in [0, 0.1) is 0 Å². The molecule has 1 aromatic carbocycles. The lowest BCUT2D eigenvalue weighted by Gasteiger charge is -1.99. The number of rotatable bonds is 1. The number of aromatic amines is 1. The standard InChI is InChI=1S/C13H10N2O3/c1-18-13(17)12-11-8(4-5-14-12)9-6-7(16)2-3-10(9)15-11/h2-6,15-16H,1H3. The largest absolute Gasteiger partial charge is 0.508 e. The van der Waals surface area contributed by atoms with Gasteiger partial charge in [-0.3, -0.25) is 0 Å². The highest BCUT2D eigenvalue weighted by Crippen LogP contribution is 2.29. The lowest BCUT2D eigenvalue weighted by Crippen LogP contribution is -2.04. The summed E-state index contributed by atoms with van der Waals surface area (Å²) in [5.41, 5.74) is 1.69. The van der Waals surface area contributed by atoms with Gasteiger partial charge in [0.25, 0.3) is 0 Å². The summed E-state index contributed by atoms with van der Waals surface area (Å²) in [6, 6.07) is 6.78. The zero-order valence-corrected chi connectivity index (χ0v) is 9.60. The predicted octanol–water partition coefficient (Wildman–Crippen LogP) is 2.21. The van der Waals surface area contributed by atoms with E-state index in [1.54, 1.807) is 30.5 Å². The third kappa shape index (κ3) is 1.41. The van der Waals surface area contributed by atoms with Crippen molar-refractivity contribution in [3.8, 4) is 5.75 Å². The first-order chi connectivity index (χ1) is 8.70. The Morgan fingerprint density at radius 3 is 2.94 bits per heavy atom. The molecule has 2 aromatic heterocycles. The first-order valence-electron chi connectivity index (χ1n) is 5.38. The molecule has 2 N–H and O–H groups in total. The van der Waals surface area contributed by atoms with Crippen molar-refractivity contribution in [1.29, 1.82) is 0 Å². The molecule has 5 nitrogen and oxygen atoms in total. The van der Waals surface area contributed by atoms with E-state index in [-0.39, 0.29) is 11.4 Å². The molecule has 0 unspecified atom stereocenters. The van der Waals surface area contributed by atoms with Crippen LogP contribution in [0.3, 0.4) is 0 Å². The molecule has 0 amide bonds. The molecule has 3 aromatic rings. The van der Waals surface area contributed by atoms with Crippen molar-refractivity contribution in [2.24, 2.45) is 0 Å². The number of H-pyrrole nitrogens is 1. The number of nitrogens with zero attached hydrogens (tertiary/aromatic N) is 1. The fourth-order valence-electron chi connectivity index (χ4n) is 2.06. The van der Waals surface area contributed by atoms with Crippen LogP contribution in [0.5, 0.6) is 5.75 Å². The van der Waals surface area contributed by atoms with Gasteiger partial charge in [-0.15, -0.1) is 0 Å². The number of pyridine rings is 1. The van der Waals surface area contributed by atoms with Gasteiger partial charge in [0.15, 0.2) is 5.69 Å². The highest BCUT2D eigenvalue weighted by molar-refractivity contribution is 6.13. The number of methoxy groups -OCH3 is 1. The van der Waals surface area contributed by atoms with E-state index in [1.165, 1.54) is 7.11 Å². The molecule has 0 aliphatic rings. The number of aromatic nitrogens is 2. The number of ether oxygens (including phenoxy) is 1. The molecule has 0 spiro atoms. The molecule has 3 rings (SSSR count). The molecule has 0 saturated heterocycles. The van der Waals surface area contributed by atoms with Gasteiger partial charge in [-0.25, -0.2) is 9.78 Å². The smallest absolute Gasteiger partial charge is 0.358 e. The van der Waals surface area contributed by atoms with Crippen molar-refractivity contribution in [3.63, 3.8) is 0 Å². The van der Waals surface area contributed by atoms with Crippen molar-refractivity contribution in [2.45, 2.75) is 0 Å². The summed E-state index contributed by atoms with van der Waals surface area (Å²) in [4.78, 5) is 18.8. The molecule has 0 aliphatic heterocycles. The molecule has 18 heavy (non-hydrogen) atoms. The number of carbonyl (C=O) groups is 1. The minimum atomic E-state index is -0.489. The molecule has 0 bridgehead atoms. The number of nitrogens with one attached hydrogen (secondary N) is 1. The lowest BCUT2D eigenvalue weighted by atomic mass is 10.1. The van der Waals surface area contributed by atoms with Crippen molar-refractivity contribution < 1.29 is 14.6 Å². The fourth-order valence-corrected chi connectivity index (χ4v) is 2.06. The summed E-state index contributed by atoms with van der Waals surface area (Å²) in [6.07, 6.45) is 1.55. The Labute approximate surface area is 102 Å². The molecule has 5 heteroatoms. The maximum Gasteiger partial charge on any atom is 0.358 e. The number of benzene rings is 1. The minimum absolute atomic E-state index is 0.180. The second-order valence-corrected chi connectivity index (χ2v) is 3.93. The van der Waals surface area contributed by atoms with E-state index in [4.69, 9.17) is 4.74 Å². The van der Waals surface area contributed by atoms with E-state index in [0.717, 1.165) is 16.3 Å². The molecule has 0 fully saturated rings. The van der Waals surface area contributed by atoms with Gasteiger partial charge in [0, 0.05) is 22.5 Å². The molecule has 90 valence electrons. The van der Waals surface area contributed by atoms with Crippen LogP contribution in [-0.4, -0.2) is 28.2 Å². The van der Waals surface area contributed by atoms with E-state index in [1.807, 2.05) is 0 Å². The quantitative estimate of drug-likeness (QED) is 0.641. The number of esters is 1. The summed E-state index contributed by atoms with van der Waals surface area (Å²) in [5, 5.41) is 11.2. The number of hydrogen-bond acceptors (Lipinski definition) is 4. The number of fused-ring (bicyclic) bond motifs is 3. The van der Waals surface area contributed by atoms with E-state index in [0.29, 0.717) is 5.52 Å². The average Bonchev–Trinajstić information content (AvgIpc) is 2.75. The second kappa shape index (κ2) is 3.73. The minimum Gasteiger partial charge on any atom is -0.508 e. The number of carbonyl (C=O) groups excluding carboxylic acids is 1. The maximum atomic E-state index is 11.6. The van der Waals surface area contributed by atoms with Crippen molar-refractivity contribution in [3.05, 3.63) is 36.2 Å². The highest BCUT2D eigenvalue weighted by atomic mass is 16.5. The first-order valence-corrected chi connectivity index (χ1v) is 5.38. The fraction of sp³-hybridized carbons (Fsp3) is 0.0769. The van der Waals surface area contributed by atoms with E-state index >= 15 is 0 Å². The third-order valence-corrected chi connectivity index (χ3v) is 2.88. The monoisotopic (exact) mass is 242 g/mol. The Bertz CT molecular complexity index is 761. The van der Waals surface area contributed by atoms with Crippen LogP contribution in [0.1, 0.15) is 10.5 Å². The summed E-state index contributed by atoms with van der Waals surface area (Å²) >= 11 is 0. The molecule has 0 aliphatic carbocycles. The number of hydrogen-bond donors (Lipinski definition) is 2. The van der Waals surface area contributed by atoms with Gasteiger partial charge in [-0.2, -0.15) is 0 Å². The van der Waals surface area contributed by atoms with Crippen LogP contribution in [0.25, 0.3) is 21.8 Å². The van der Waals surface area contributed by atoms with Gasteiger partial charge in [0.1, 0.15) is 5.75 Å². The topological polar surface area (TPSA) is 75.2 Å². The molecular weight excluding hydrogens is 232 g/mol. The Hall–Kier alpha value is -2.56. The highest BCUT2D eigenvalue weighted by Gasteiger charge is 2.15. The zero-order valence-electron chi connectivity index (χ0n) is 9.60. The second-order valence-electron chi connectivity index (χ2n) is 3.93. The van der Waals surface area contributed by atoms with E-state index in [9.17, 15) is 9.90 Å². The van der Waals surface area contributed by atoms with Gasteiger partial charge < -0.3 is 14.8 Å². The number of aromatic hydroxyl groups is 1. The van der Waals surface area contributed by atoms with Crippen molar-refractivity contribution >= 4 is 27.8 Å². The van der Waals surface area contributed by atoms with Gasteiger partial charge in [0.2, 0.25) is 0 Å². The van der Waals surface area contributed by atoms with Crippen LogP contribution in [0.2, 0.25) is 0 Å². The summed E-state index contributed by atoms with van der Waals surface area (Å²) in [6.45, 7) is 0. The van der Waals surface area contributed by atoms with Gasteiger partial charge in [0.05, 0.1) is 12.6 Å².